The molecule has 0 aliphatic heterocycles. The van der Waals surface area contributed by atoms with Crippen LogP contribution in [0.4, 0.5) is 11.8 Å². The van der Waals surface area contributed by atoms with Crippen LogP contribution in [-0.4, -0.2) is 51.8 Å². The van der Waals surface area contributed by atoms with Crippen molar-refractivity contribution in [2.45, 2.75) is 25.7 Å². The summed E-state index contributed by atoms with van der Waals surface area (Å²) in [6.45, 7) is 0.333. The third-order valence-corrected chi connectivity index (χ3v) is 4.91. The predicted molar refractivity (Wildman–Crippen MR) is 84.3 cm³/mol. The highest BCUT2D eigenvalue weighted by atomic mass is 32.2. The fourth-order valence-electron chi connectivity index (χ4n) is 2.33. The molecule has 0 fully saturated rings. The third kappa shape index (κ3) is 4.04. The Hall–Kier alpha value is -1.41. The minimum Gasteiger partial charge on any atom is -0.369 e. The van der Waals surface area contributed by atoms with Crippen molar-refractivity contribution in [2.75, 3.05) is 43.7 Å². The molecule has 0 saturated carbocycles. The average molecular weight is 313 g/mol. The zero-order valence-electron chi connectivity index (χ0n) is 12.8. The molecule has 8 heteroatoms. The molecular formula is C13H23N5O2S. The molecule has 1 aliphatic rings. The Kier molecular flexibility index (Phi) is 5.00. The molecular weight excluding hydrogens is 290 g/mol. The van der Waals surface area contributed by atoms with Crippen LogP contribution in [0.1, 0.15) is 24.1 Å². The first kappa shape index (κ1) is 16.0. The number of hydrogen-bond acceptors (Lipinski definition) is 6. The molecule has 2 N–H and O–H groups in total. The van der Waals surface area contributed by atoms with Crippen LogP contribution >= 0.6 is 0 Å². The Bertz CT molecular complexity index is 601. The van der Waals surface area contributed by atoms with Crippen molar-refractivity contribution in [1.29, 1.82) is 0 Å². The Morgan fingerprint density at radius 1 is 1.19 bits per heavy atom. The van der Waals surface area contributed by atoms with Crippen molar-refractivity contribution < 1.29 is 8.42 Å². The van der Waals surface area contributed by atoms with Crippen LogP contribution in [0, 0.1) is 0 Å². The highest BCUT2D eigenvalue weighted by molar-refractivity contribution is 7.89. The van der Waals surface area contributed by atoms with Crippen molar-refractivity contribution in [3.63, 3.8) is 0 Å². The molecule has 1 aliphatic carbocycles. The van der Waals surface area contributed by atoms with E-state index in [1.165, 1.54) is 7.05 Å². The summed E-state index contributed by atoms with van der Waals surface area (Å²) in [5, 5.41) is 3.16. The van der Waals surface area contributed by atoms with E-state index in [-0.39, 0.29) is 5.75 Å². The maximum Gasteiger partial charge on any atom is 0.227 e. The van der Waals surface area contributed by atoms with Crippen molar-refractivity contribution in [2.24, 2.45) is 0 Å². The molecule has 0 unspecified atom stereocenters. The molecule has 0 radical (unpaired) electrons. The lowest BCUT2D eigenvalue weighted by atomic mass is 9.96. The number of rotatable bonds is 6. The summed E-state index contributed by atoms with van der Waals surface area (Å²) in [6, 6.07) is 0. The van der Waals surface area contributed by atoms with Crippen LogP contribution in [0.15, 0.2) is 0 Å². The van der Waals surface area contributed by atoms with Gasteiger partial charge in [-0.3, -0.25) is 0 Å². The van der Waals surface area contributed by atoms with Crippen LogP contribution in [0.3, 0.4) is 0 Å². The van der Waals surface area contributed by atoms with Crippen molar-refractivity contribution >= 4 is 21.8 Å². The van der Waals surface area contributed by atoms with Gasteiger partial charge in [-0.05, 0) is 32.7 Å². The summed E-state index contributed by atoms with van der Waals surface area (Å²) in [6.07, 6.45) is 4.18. The van der Waals surface area contributed by atoms with Gasteiger partial charge in [-0.25, -0.2) is 18.1 Å². The molecule has 0 aromatic carbocycles. The van der Waals surface area contributed by atoms with E-state index in [1.807, 2.05) is 19.0 Å². The second-order valence-corrected chi connectivity index (χ2v) is 7.39. The maximum absolute atomic E-state index is 11.5. The lowest BCUT2D eigenvalue weighted by Gasteiger charge is -2.21. The van der Waals surface area contributed by atoms with Gasteiger partial charge < -0.3 is 10.2 Å². The number of hydrogen-bond donors (Lipinski definition) is 2. The SMILES string of the molecule is CNS(=O)(=O)CCNc1nc(N(C)C)nc2c1CCCC2. The quantitative estimate of drug-likeness (QED) is 0.790. The van der Waals surface area contributed by atoms with E-state index < -0.39 is 10.0 Å². The van der Waals surface area contributed by atoms with Gasteiger partial charge in [0.15, 0.2) is 0 Å². The number of anilines is 2. The number of nitrogens with one attached hydrogen (secondary N) is 2. The molecule has 0 atom stereocenters. The topological polar surface area (TPSA) is 87.2 Å². The van der Waals surface area contributed by atoms with Gasteiger partial charge in [0.25, 0.3) is 0 Å². The van der Waals surface area contributed by atoms with Gasteiger partial charge in [-0.1, -0.05) is 0 Å². The zero-order chi connectivity index (χ0) is 15.5. The average Bonchev–Trinajstić information content (AvgIpc) is 2.46. The van der Waals surface area contributed by atoms with Gasteiger partial charge in [-0.2, -0.15) is 4.98 Å². The Labute approximate surface area is 126 Å². The molecule has 1 aromatic heterocycles. The number of fused-ring (bicyclic) bond motifs is 1. The molecule has 0 spiro atoms. The van der Waals surface area contributed by atoms with Gasteiger partial charge in [0.05, 0.1) is 11.4 Å². The lowest BCUT2D eigenvalue weighted by molar-refractivity contribution is 0.588. The molecule has 7 nitrogen and oxygen atoms in total. The predicted octanol–water partition coefficient (Wildman–Crippen LogP) is 0.382. The first-order valence-corrected chi connectivity index (χ1v) is 8.80. The molecule has 0 amide bonds. The molecule has 118 valence electrons. The summed E-state index contributed by atoms with van der Waals surface area (Å²) in [5.74, 6) is 1.46. The molecule has 2 rings (SSSR count). The van der Waals surface area contributed by atoms with Crippen molar-refractivity contribution in [1.82, 2.24) is 14.7 Å². The van der Waals surface area contributed by atoms with E-state index in [4.69, 9.17) is 0 Å². The minimum atomic E-state index is -3.20. The standard InChI is InChI=1S/C13H23N5O2S/c1-14-21(19,20)9-8-15-12-10-6-4-5-7-11(10)16-13(17-12)18(2)3/h14H,4-9H2,1-3H3,(H,15,16,17). The van der Waals surface area contributed by atoms with Gasteiger partial charge >= 0.3 is 0 Å². The highest BCUT2D eigenvalue weighted by Crippen LogP contribution is 2.27. The van der Waals surface area contributed by atoms with Crippen LogP contribution in [0.5, 0.6) is 0 Å². The molecule has 1 aromatic rings. The van der Waals surface area contributed by atoms with E-state index in [2.05, 4.69) is 20.0 Å². The summed E-state index contributed by atoms with van der Waals surface area (Å²) in [7, 11) is 2.02. The van der Waals surface area contributed by atoms with E-state index in [1.54, 1.807) is 0 Å². The molecule has 0 saturated heterocycles. The van der Waals surface area contributed by atoms with Crippen LogP contribution in [0.2, 0.25) is 0 Å². The number of aromatic nitrogens is 2. The Morgan fingerprint density at radius 2 is 1.90 bits per heavy atom. The van der Waals surface area contributed by atoms with Crippen molar-refractivity contribution in [3.8, 4) is 0 Å². The number of nitrogens with zero attached hydrogens (tertiary/aromatic N) is 3. The van der Waals surface area contributed by atoms with Crippen LogP contribution < -0.4 is 14.9 Å². The fourth-order valence-corrected chi connectivity index (χ4v) is 2.91. The van der Waals surface area contributed by atoms with E-state index >= 15 is 0 Å². The second-order valence-electron chi connectivity index (χ2n) is 5.35. The Morgan fingerprint density at radius 3 is 2.57 bits per heavy atom. The monoisotopic (exact) mass is 313 g/mol. The third-order valence-electron chi connectivity index (χ3n) is 3.55. The van der Waals surface area contributed by atoms with Crippen LogP contribution in [-0.2, 0) is 22.9 Å². The minimum absolute atomic E-state index is 0.0274. The smallest absolute Gasteiger partial charge is 0.227 e. The zero-order valence-corrected chi connectivity index (χ0v) is 13.6. The number of sulfonamides is 1. The van der Waals surface area contributed by atoms with E-state index in [0.717, 1.165) is 42.8 Å². The van der Waals surface area contributed by atoms with Crippen molar-refractivity contribution in [3.05, 3.63) is 11.3 Å². The summed E-state index contributed by atoms with van der Waals surface area (Å²) >= 11 is 0. The molecule has 0 bridgehead atoms. The van der Waals surface area contributed by atoms with E-state index in [0.29, 0.717) is 12.5 Å². The Balaban J connectivity index is 2.19. The lowest BCUT2D eigenvalue weighted by Crippen LogP contribution is -2.27. The first-order valence-electron chi connectivity index (χ1n) is 7.15. The largest absolute Gasteiger partial charge is 0.369 e. The first-order chi connectivity index (χ1) is 9.93. The second kappa shape index (κ2) is 6.57. The van der Waals surface area contributed by atoms with Gasteiger partial charge in [0, 0.05) is 26.2 Å². The number of aryl methyl sites for hydroxylation is 1. The summed E-state index contributed by atoms with van der Waals surface area (Å²) in [5.41, 5.74) is 2.22. The summed E-state index contributed by atoms with van der Waals surface area (Å²) in [4.78, 5) is 11.0. The summed E-state index contributed by atoms with van der Waals surface area (Å²) < 4.78 is 25.2. The maximum atomic E-state index is 11.5. The van der Waals surface area contributed by atoms with E-state index in [9.17, 15) is 8.42 Å². The van der Waals surface area contributed by atoms with Gasteiger partial charge in [0.2, 0.25) is 16.0 Å². The fraction of sp³-hybridized carbons (Fsp3) is 0.692. The molecule has 1 heterocycles. The normalized spacial score (nSPS) is 14.6. The van der Waals surface area contributed by atoms with Crippen LogP contribution in [0.25, 0.3) is 0 Å². The molecule has 21 heavy (non-hydrogen) atoms. The van der Waals surface area contributed by atoms with Gasteiger partial charge in [-0.15, -0.1) is 0 Å². The van der Waals surface area contributed by atoms with Gasteiger partial charge in [0.1, 0.15) is 5.82 Å². The highest BCUT2D eigenvalue weighted by Gasteiger charge is 2.18.